The standard InChI is InChI=1S/C23H36N8O2S2.2ClH/c1-32-20-6-3-8-26-18(20)16-34-14-12-30-22(24)28-10-5-11-29-23(25)31-13-15-35-17-19-21(33-2)7-4-9-27-19;;/h3-4,6-9H,5,10-17H2,1-2H3,(H3,24,28,30)(H3,25,29,31);2*1H. The van der Waals surface area contributed by atoms with Crippen molar-refractivity contribution in [3.63, 3.8) is 0 Å². The van der Waals surface area contributed by atoms with Gasteiger partial charge in [0.15, 0.2) is 11.9 Å². The maximum atomic E-state index is 7.94. The number of guanidine groups is 2. The Labute approximate surface area is 240 Å². The maximum absolute atomic E-state index is 7.94. The molecule has 0 aliphatic heterocycles. The normalized spacial score (nSPS) is 9.78. The highest BCUT2D eigenvalue weighted by Crippen LogP contribution is 2.20. The number of hydrogen-bond donors (Lipinski definition) is 6. The van der Waals surface area contributed by atoms with Crippen molar-refractivity contribution in [3.05, 3.63) is 48.0 Å². The van der Waals surface area contributed by atoms with Crippen LogP contribution in [0.5, 0.6) is 11.5 Å². The van der Waals surface area contributed by atoms with E-state index in [1.807, 2.05) is 24.3 Å². The molecule has 10 nitrogen and oxygen atoms in total. The van der Waals surface area contributed by atoms with Gasteiger partial charge in [0, 0.05) is 61.6 Å². The molecular formula is C23H38Cl2N8O2S2. The van der Waals surface area contributed by atoms with Crippen molar-refractivity contribution in [3.8, 4) is 11.5 Å². The number of thioether (sulfide) groups is 2. The number of aromatic nitrogens is 2. The van der Waals surface area contributed by atoms with Crippen molar-refractivity contribution in [2.24, 2.45) is 0 Å². The molecule has 0 spiro atoms. The molecule has 2 aromatic rings. The van der Waals surface area contributed by atoms with Crippen molar-refractivity contribution >= 4 is 60.3 Å². The molecular weight excluding hydrogens is 555 g/mol. The van der Waals surface area contributed by atoms with E-state index in [0.717, 1.165) is 52.3 Å². The number of pyridine rings is 2. The largest absolute Gasteiger partial charge is 0.495 e. The molecule has 14 heteroatoms. The SMILES string of the molecule is COc1cccnc1CSCCNC(=N)NCCCNC(=N)NCCSCc1ncccc1OC.Cl.Cl. The van der Waals surface area contributed by atoms with E-state index >= 15 is 0 Å². The minimum absolute atomic E-state index is 0. The van der Waals surface area contributed by atoms with E-state index < -0.39 is 0 Å². The Hall–Kier alpha value is -2.28. The van der Waals surface area contributed by atoms with E-state index in [-0.39, 0.29) is 24.8 Å². The minimum Gasteiger partial charge on any atom is -0.495 e. The molecule has 2 aromatic heterocycles. The summed E-state index contributed by atoms with van der Waals surface area (Å²) < 4.78 is 10.6. The molecule has 6 N–H and O–H groups in total. The number of nitrogens with zero attached hydrogens (tertiary/aromatic N) is 2. The molecule has 0 saturated carbocycles. The quantitative estimate of drug-likeness (QED) is 0.0978. The lowest BCUT2D eigenvalue weighted by Gasteiger charge is -2.12. The van der Waals surface area contributed by atoms with E-state index in [1.54, 1.807) is 50.1 Å². The van der Waals surface area contributed by atoms with Gasteiger partial charge in [0.25, 0.3) is 0 Å². The van der Waals surface area contributed by atoms with Crippen molar-refractivity contribution in [2.45, 2.75) is 17.9 Å². The van der Waals surface area contributed by atoms with E-state index in [0.29, 0.717) is 38.1 Å². The highest BCUT2D eigenvalue weighted by molar-refractivity contribution is 7.98. The van der Waals surface area contributed by atoms with Crippen molar-refractivity contribution in [1.29, 1.82) is 10.8 Å². The highest BCUT2D eigenvalue weighted by Gasteiger charge is 2.04. The first kappa shape index (κ1) is 34.7. The van der Waals surface area contributed by atoms with Gasteiger partial charge >= 0.3 is 0 Å². The Morgan fingerprint density at radius 1 is 0.730 bits per heavy atom. The van der Waals surface area contributed by atoms with Gasteiger partial charge in [0.1, 0.15) is 11.5 Å². The zero-order valence-corrected chi connectivity index (χ0v) is 24.4. The topological polar surface area (TPSA) is 140 Å². The van der Waals surface area contributed by atoms with Crippen molar-refractivity contribution in [2.75, 3.05) is 51.9 Å². The van der Waals surface area contributed by atoms with Crippen LogP contribution in [0.25, 0.3) is 0 Å². The van der Waals surface area contributed by atoms with Gasteiger partial charge in [-0.3, -0.25) is 20.8 Å². The Kier molecular flexibility index (Phi) is 20.4. The number of halogens is 2. The Morgan fingerprint density at radius 3 is 1.54 bits per heavy atom. The predicted molar refractivity (Wildman–Crippen MR) is 160 cm³/mol. The van der Waals surface area contributed by atoms with Crippen LogP contribution in [0.2, 0.25) is 0 Å². The fraction of sp³-hybridized carbons (Fsp3) is 0.478. The molecule has 208 valence electrons. The van der Waals surface area contributed by atoms with Gasteiger partial charge < -0.3 is 30.7 Å². The average Bonchev–Trinajstić information content (AvgIpc) is 2.88. The Balaban J connectivity index is 0.00000648. The lowest BCUT2D eigenvalue weighted by Crippen LogP contribution is -2.40. The third-order valence-corrected chi connectivity index (χ3v) is 6.61. The molecule has 0 fully saturated rings. The first-order chi connectivity index (χ1) is 17.1. The third-order valence-electron chi connectivity index (χ3n) is 4.67. The zero-order chi connectivity index (χ0) is 25.1. The molecule has 0 aliphatic rings. The molecule has 0 bridgehead atoms. The van der Waals surface area contributed by atoms with Crippen LogP contribution in [0.15, 0.2) is 36.7 Å². The Bertz CT molecular complexity index is 843. The summed E-state index contributed by atoms with van der Waals surface area (Å²) in [5, 5.41) is 28.1. The second kappa shape index (κ2) is 21.8. The summed E-state index contributed by atoms with van der Waals surface area (Å²) in [6, 6.07) is 7.55. The summed E-state index contributed by atoms with van der Waals surface area (Å²) in [7, 11) is 3.30. The van der Waals surface area contributed by atoms with Crippen LogP contribution < -0.4 is 30.7 Å². The molecule has 0 aliphatic carbocycles. The van der Waals surface area contributed by atoms with Crippen LogP contribution in [0.3, 0.4) is 0 Å². The fourth-order valence-corrected chi connectivity index (χ4v) is 4.51. The summed E-state index contributed by atoms with van der Waals surface area (Å²) in [5.41, 5.74) is 1.87. The first-order valence-electron chi connectivity index (χ1n) is 11.4. The summed E-state index contributed by atoms with van der Waals surface area (Å²) in [5.74, 6) is 5.51. The smallest absolute Gasteiger partial charge is 0.188 e. The van der Waals surface area contributed by atoms with Crippen LogP contribution in [-0.2, 0) is 11.5 Å². The molecule has 0 atom stereocenters. The minimum atomic E-state index is 0. The molecule has 0 saturated heterocycles. The van der Waals surface area contributed by atoms with Gasteiger partial charge in [0.2, 0.25) is 0 Å². The molecule has 0 radical (unpaired) electrons. The molecule has 37 heavy (non-hydrogen) atoms. The molecule has 0 aromatic carbocycles. The lowest BCUT2D eigenvalue weighted by molar-refractivity contribution is 0.409. The molecule has 2 heterocycles. The van der Waals surface area contributed by atoms with Crippen LogP contribution in [-0.4, -0.2) is 73.8 Å². The summed E-state index contributed by atoms with van der Waals surface area (Å²) in [6.45, 7) is 2.71. The number of rotatable bonds is 16. The van der Waals surface area contributed by atoms with Crippen LogP contribution in [0.1, 0.15) is 17.8 Å². The number of hydrogen-bond acceptors (Lipinski definition) is 8. The van der Waals surface area contributed by atoms with E-state index in [9.17, 15) is 0 Å². The van der Waals surface area contributed by atoms with E-state index in [1.165, 1.54) is 0 Å². The average molecular weight is 594 g/mol. The van der Waals surface area contributed by atoms with Crippen LogP contribution in [0.4, 0.5) is 0 Å². The highest BCUT2D eigenvalue weighted by atomic mass is 35.5. The molecule has 2 rings (SSSR count). The van der Waals surface area contributed by atoms with Gasteiger partial charge in [-0.15, -0.1) is 24.8 Å². The lowest BCUT2D eigenvalue weighted by atomic mass is 10.3. The number of nitrogens with one attached hydrogen (secondary N) is 6. The monoisotopic (exact) mass is 592 g/mol. The third kappa shape index (κ3) is 14.9. The number of ether oxygens (including phenoxy) is 2. The van der Waals surface area contributed by atoms with Gasteiger partial charge in [-0.2, -0.15) is 23.5 Å². The summed E-state index contributed by atoms with van der Waals surface area (Å²) >= 11 is 3.49. The summed E-state index contributed by atoms with van der Waals surface area (Å²) in [4.78, 5) is 8.68. The predicted octanol–water partition coefficient (Wildman–Crippen LogP) is 3.12. The van der Waals surface area contributed by atoms with E-state index in [2.05, 4.69) is 31.2 Å². The van der Waals surface area contributed by atoms with E-state index in [4.69, 9.17) is 20.3 Å². The van der Waals surface area contributed by atoms with Crippen molar-refractivity contribution < 1.29 is 9.47 Å². The second-order valence-electron chi connectivity index (χ2n) is 7.22. The molecule has 0 unspecified atom stereocenters. The molecule has 0 amide bonds. The maximum Gasteiger partial charge on any atom is 0.188 e. The van der Waals surface area contributed by atoms with Gasteiger partial charge in [0.05, 0.1) is 25.6 Å². The fourth-order valence-electron chi connectivity index (χ4n) is 2.91. The van der Waals surface area contributed by atoms with Gasteiger partial charge in [-0.05, 0) is 30.7 Å². The van der Waals surface area contributed by atoms with Gasteiger partial charge in [-0.25, -0.2) is 0 Å². The number of methoxy groups -OCH3 is 2. The zero-order valence-electron chi connectivity index (χ0n) is 21.2. The second-order valence-corrected chi connectivity index (χ2v) is 9.43. The first-order valence-corrected chi connectivity index (χ1v) is 13.7. The van der Waals surface area contributed by atoms with Crippen molar-refractivity contribution in [1.82, 2.24) is 31.2 Å². The van der Waals surface area contributed by atoms with Crippen LogP contribution in [0, 0.1) is 10.8 Å². The van der Waals surface area contributed by atoms with Crippen LogP contribution >= 0.6 is 48.3 Å². The van der Waals surface area contributed by atoms with Gasteiger partial charge in [-0.1, -0.05) is 0 Å². The Morgan fingerprint density at radius 2 is 1.14 bits per heavy atom. The summed E-state index contributed by atoms with van der Waals surface area (Å²) in [6.07, 6.45) is 4.34.